The second-order valence-electron chi connectivity index (χ2n) is 5.45. The van der Waals surface area contributed by atoms with Crippen molar-refractivity contribution in [3.63, 3.8) is 0 Å². The number of amides is 2. The van der Waals surface area contributed by atoms with Crippen LogP contribution in [0.25, 0.3) is 0 Å². The Labute approximate surface area is 125 Å². The van der Waals surface area contributed by atoms with Gasteiger partial charge in [-0.2, -0.15) is 0 Å². The normalized spacial score (nSPS) is 21.6. The molecule has 0 aliphatic carbocycles. The van der Waals surface area contributed by atoms with Crippen molar-refractivity contribution in [2.75, 3.05) is 13.7 Å². The van der Waals surface area contributed by atoms with Crippen molar-refractivity contribution in [1.29, 1.82) is 0 Å². The second kappa shape index (κ2) is 6.87. The molecular weight excluding hydrogens is 274 g/mol. The average Bonchev–Trinajstić information content (AvgIpc) is 2.41. The minimum atomic E-state index is -0.912. The maximum atomic E-state index is 12.1. The molecule has 0 aromatic heterocycles. The quantitative estimate of drug-likeness (QED) is 0.427. The zero-order chi connectivity index (χ0) is 16.2. The molecule has 0 bridgehead atoms. The minimum Gasteiger partial charge on any atom is -0.445 e. The third-order valence-electron chi connectivity index (χ3n) is 3.02. The van der Waals surface area contributed by atoms with Crippen LogP contribution in [-0.2, 0) is 19.0 Å². The van der Waals surface area contributed by atoms with Crippen LogP contribution < -0.4 is 0 Å². The van der Waals surface area contributed by atoms with Gasteiger partial charge in [0.2, 0.25) is 0 Å². The molecule has 1 heterocycles. The molecule has 0 spiro atoms. The van der Waals surface area contributed by atoms with Crippen molar-refractivity contribution in [1.82, 2.24) is 4.90 Å². The van der Waals surface area contributed by atoms with Gasteiger partial charge in [0.1, 0.15) is 6.61 Å². The molecule has 2 amide bonds. The number of imide groups is 1. The summed E-state index contributed by atoms with van der Waals surface area (Å²) in [5, 5.41) is 0. The molecule has 1 rings (SSSR count). The van der Waals surface area contributed by atoms with Crippen molar-refractivity contribution in [3.8, 4) is 0 Å². The van der Waals surface area contributed by atoms with Gasteiger partial charge in [-0.05, 0) is 27.7 Å². The van der Waals surface area contributed by atoms with Crippen LogP contribution in [0.2, 0.25) is 0 Å². The number of carbonyl (C=O) groups excluding carboxylic acids is 2. The molecule has 118 valence electrons. The van der Waals surface area contributed by atoms with Gasteiger partial charge in [0.15, 0.2) is 11.9 Å². The maximum Gasteiger partial charge on any atom is 0.417 e. The zero-order valence-electron chi connectivity index (χ0n) is 13.2. The smallest absolute Gasteiger partial charge is 0.417 e. The monoisotopic (exact) mass is 297 g/mol. The number of hydrogen-bond donors (Lipinski definition) is 0. The fourth-order valence-corrected chi connectivity index (χ4v) is 1.87. The highest BCUT2D eigenvalue weighted by Gasteiger charge is 2.53. The highest BCUT2D eigenvalue weighted by molar-refractivity contribution is 6.01. The summed E-state index contributed by atoms with van der Waals surface area (Å²) >= 11 is 0. The number of nitrogens with zero attached hydrogens (tertiary/aromatic N) is 1. The van der Waals surface area contributed by atoms with E-state index in [1.807, 2.05) is 13.8 Å². The molecule has 0 saturated carbocycles. The molecule has 1 saturated heterocycles. The molecule has 1 aliphatic rings. The lowest BCUT2D eigenvalue weighted by atomic mass is 9.96. The van der Waals surface area contributed by atoms with Crippen LogP contribution in [0.15, 0.2) is 24.3 Å². The summed E-state index contributed by atoms with van der Waals surface area (Å²) in [4.78, 5) is 25.1. The lowest BCUT2D eigenvalue weighted by molar-refractivity contribution is -0.246. The Balaban J connectivity index is 2.88. The van der Waals surface area contributed by atoms with Crippen molar-refractivity contribution in [2.24, 2.45) is 0 Å². The van der Waals surface area contributed by atoms with Gasteiger partial charge in [-0.25, -0.2) is 9.69 Å². The Morgan fingerprint density at radius 2 is 2.05 bits per heavy atom. The van der Waals surface area contributed by atoms with Gasteiger partial charge in [-0.15, -0.1) is 0 Å². The van der Waals surface area contributed by atoms with Crippen LogP contribution in [0.3, 0.4) is 0 Å². The standard InChI is InChI=1S/C15H23NO5/c1-7-8-20-14(18)16-11(9-10(2)3)12(13(16)17)21-15(4,5)19-6/h7,9,11-12H,1,8H2,2-6H3/t11-,12+/m1/s1. The Morgan fingerprint density at radius 1 is 1.43 bits per heavy atom. The van der Waals surface area contributed by atoms with Crippen molar-refractivity contribution in [3.05, 3.63) is 24.3 Å². The number of hydrogen-bond acceptors (Lipinski definition) is 5. The van der Waals surface area contributed by atoms with Crippen LogP contribution in [-0.4, -0.2) is 48.5 Å². The molecule has 2 atom stereocenters. The fourth-order valence-electron chi connectivity index (χ4n) is 1.87. The first kappa shape index (κ1) is 17.4. The molecule has 0 unspecified atom stereocenters. The molecule has 0 N–H and O–H groups in total. The molecular formula is C15H23NO5. The van der Waals surface area contributed by atoms with E-state index in [1.54, 1.807) is 19.9 Å². The van der Waals surface area contributed by atoms with Gasteiger partial charge >= 0.3 is 6.09 Å². The molecule has 0 aromatic carbocycles. The number of rotatable bonds is 6. The summed E-state index contributed by atoms with van der Waals surface area (Å²) in [7, 11) is 1.50. The summed E-state index contributed by atoms with van der Waals surface area (Å²) in [6.07, 6.45) is 1.79. The Morgan fingerprint density at radius 3 is 2.52 bits per heavy atom. The van der Waals surface area contributed by atoms with Crippen molar-refractivity contribution < 1.29 is 23.8 Å². The van der Waals surface area contributed by atoms with Gasteiger partial charge in [0.05, 0.1) is 6.04 Å². The van der Waals surface area contributed by atoms with Crippen LogP contribution in [0.4, 0.5) is 4.79 Å². The van der Waals surface area contributed by atoms with Crippen molar-refractivity contribution >= 4 is 12.0 Å². The van der Waals surface area contributed by atoms with Gasteiger partial charge < -0.3 is 14.2 Å². The largest absolute Gasteiger partial charge is 0.445 e. The number of allylic oxidation sites excluding steroid dienone is 1. The van der Waals surface area contributed by atoms with E-state index in [1.165, 1.54) is 13.2 Å². The lowest BCUT2D eigenvalue weighted by Gasteiger charge is -2.45. The number of ether oxygens (including phenoxy) is 3. The van der Waals surface area contributed by atoms with Crippen LogP contribution >= 0.6 is 0 Å². The Hall–Kier alpha value is -1.66. The van der Waals surface area contributed by atoms with E-state index in [4.69, 9.17) is 14.2 Å². The summed E-state index contributed by atoms with van der Waals surface area (Å²) in [6, 6.07) is -0.491. The first-order valence-corrected chi connectivity index (χ1v) is 6.72. The Bertz CT molecular complexity index is 451. The lowest BCUT2D eigenvalue weighted by Crippen LogP contribution is -2.68. The number of β-lactam (4-membered cyclic amide) rings is 1. The van der Waals surface area contributed by atoms with E-state index in [0.29, 0.717) is 0 Å². The maximum absolute atomic E-state index is 12.1. The molecule has 21 heavy (non-hydrogen) atoms. The predicted molar refractivity (Wildman–Crippen MR) is 77.6 cm³/mol. The van der Waals surface area contributed by atoms with Gasteiger partial charge in [-0.3, -0.25) is 4.79 Å². The molecule has 0 aromatic rings. The molecule has 6 heteroatoms. The summed E-state index contributed by atoms with van der Waals surface area (Å²) < 4.78 is 15.7. The Kier molecular flexibility index (Phi) is 5.69. The number of carbonyl (C=O) groups is 2. The van der Waals surface area contributed by atoms with E-state index >= 15 is 0 Å². The van der Waals surface area contributed by atoms with E-state index < -0.39 is 29.9 Å². The van der Waals surface area contributed by atoms with E-state index in [0.717, 1.165) is 10.5 Å². The van der Waals surface area contributed by atoms with Crippen LogP contribution in [0.1, 0.15) is 27.7 Å². The molecule has 1 fully saturated rings. The predicted octanol–water partition coefficient (Wildman–Crippen LogP) is 2.25. The number of likely N-dealkylation sites (tertiary alicyclic amines) is 1. The highest BCUT2D eigenvalue weighted by Crippen LogP contribution is 2.30. The topological polar surface area (TPSA) is 65.1 Å². The van der Waals surface area contributed by atoms with Crippen LogP contribution in [0, 0.1) is 0 Å². The molecule has 1 aliphatic heterocycles. The third-order valence-corrected chi connectivity index (χ3v) is 3.02. The van der Waals surface area contributed by atoms with Crippen molar-refractivity contribution in [2.45, 2.75) is 45.6 Å². The summed E-state index contributed by atoms with van der Waals surface area (Å²) in [6.45, 7) is 10.7. The molecule has 6 nitrogen and oxygen atoms in total. The van der Waals surface area contributed by atoms with E-state index in [9.17, 15) is 9.59 Å². The first-order valence-electron chi connectivity index (χ1n) is 6.72. The molecule has 0 radical (unpaired) electrons. The van der Waals surface area contributed by atoms with Gasteiger partial charge in [-0.1, -0.05) is 24.3 Å². The van der Waals surface area contributed by atoms with E-state index in [2.05, 4.69) is 6.58 Å². The summed E-state index contributed by atoms with van der Waals surface area (Å²) in [5.41, 5.74) is 0.970. The third kappa shape index (κ3) is 4.15. The van der Waals surface area contributed by atoms with Gasteiger partial charge in [0, 0.05) is 7.11 Å². The average molecular weight is 297 g/mol. The zero-order valence-corrected chi connectivity index (χ0v) is 13.2. The fraction of sp³-hybridized carbons (Fsp3) is 0.600. The SMILES string of the molecule is C=CCOC(=O)N1C(=O)[C@@H](OC(C)(C)OC)[C@H]1C=C(C)C. The number of methoxy groups -OCH3 is 1. The van der Waals surface area contributed by atoms with E-state index in [-0.39, 0.29) is 6.61 Å². The highest BCUT2D eigenvalue weighted by atomic mass is 16.7. The van der Waals surface area contributed by atoms with Gasteiger partial charge in [0.25, 0.3) is 5.91 Å². The minimum absolute atomic E-state index is 0.0548. The van der Waals surface area contributed by atoms with Crippen LogP contribution in [0.5, 0.6) is 0 Å². The first-order chi connectivity index (χ1) is 9.73. The second-order valence-corrected chi connectivity index (χ2v) is 5.45. The summed E-state index contributed by atoms with van der Waals surface area (Å²) in [5.74, 6) is -1.35.